The van der Waals surface area contributed by atoms with Crippen LogP contribution in [0.15, 0.2) is 54.6 Å². The van der Waals surface area contributed by atoms with Crippen molar-refractivity contribution in [1.29, 1.82) is 0 Å². The molecule has 2 N–H and O–H groups in total. The Bertz CT molecular complexity index is 671. The van der Waals surface area contributed by atoms with Crippen molar-refractivity contribution in [3.63, 3.8) is 0 Å². The van der Waals surface area contributed by atoms with Gasteiger partial charge in [0.15, 0.2) is 0 Å². The molecule has 0 amide bonds. The van der Waals surface area contributed by atoms with Gasteiger partial charge in [-0.05, 0) is 36.2 Å². The van der Waals surface area contributed by atoms with Gasteiger partial charge in [-0.15, -0.1) is 0 Å². The van der Waals surface area contributed by atoms with Gasteiger partial charge >= 0.3 is 5.97 Å². The molecule has 0 radical (unpaired) electrons. The van der Waals surface area contributed by atoms with E-state index in [-0.39, 0.29) is 11.5 Å². The summed E-state index contributed by atoms with van der Waals surface area (Å²) in [5.74, 6) is -0.927. The quantitative estimate of drug-likeness (QED) is 0.911. The third kappa shape index (κ3) is 3.78. The maximum atomic E-state index is 11.1. The van der Waals surface area contributed by atoms with Gasteiger partial charge < -0.3 is 10.2 Å². The molecule has 0 aromatic heterocycles. The van der Waals surface area contributed by atoms with E-state index < -0.39 is 12.1 Å². The SMILES string of the molecule is O=C(O)c1cccc(C2CCN(Cc3ccccc3)CC2O)c1. The zero-order valence-corrected chi connectivity index (χ0v) is 12.9. The number of carbonyl (C=O) groups is 1. The van der Waals surface area contributed by atoms with Gasteiger partial charge in [-0.3, -0.25) is 4.90 Å². The first-order valence-corrected chi connectivity index (χ1v) is 7.91. The van der Waals surface area contributed by atoms with Crippen LogP contribution >= 0.6 is 0 Å². The van der Waals surface area contributed by atoms with E-state index in [4.69, 9.17) is 5.11 Å². The van der Waals surface area contributed by atoms with Crippen molar-refractivity contribution in [1.82, 2.24) is 4.90 Å². The summed E-state index contributed by atoms with van der Waals surface area (Å²) in [7, 11) is 0. The molecule has 0 bridgehead atoms. The maximum Gasteiger partial charge on any atom is 0.335 e. The predicted molar refractivity (Wildman–Crippen MR) is 88.5 cm³/mol. The monoisotopic (exact) mass is 311 g/mol. The minimum absolute atomic E-state index is 0.00123. The highest BCUT2D eigenvalue weighted by Crippen LogP contribution is 2.29. The Morgan fingerprint density at radius 1 is 1.13 bits per heavy atom. The van der Waals surface area contributed by atoms with Gasteiger partial charge in [0.2, 0.25) is 0 Å². The molecule has 1 aliphatic heterocycles. The lowest BCUT2D eigenvalue weighted by atomic mass is 9.86. The number of aliphatic hydroxyl groups is 1. The Kier molecular flexibility index (Phi) is 4.74. The summed E-state index contributed by atoms with van der Waals surface area (Å²) < 4.78 is 0. The highest BCUT2D eigenvalue weighted by molar-refractivity contribution is 5.87. The number of hydrogen-bond acceptors (Lipinski definition) is 3. The van der Waals surface area contributed by atoms with Crippen LogP contribution in [0.4, 0.5) is 0 Å². The van der Waals surface area contributed by atoms with E-state index in [1.165, 1.54) is 5.56 Å². The lowest BCUT2D eigenvalue weighted by Gasteiger charge is -2.36. The molecule has 0 aliphatic carbocycles. The molecule has 2 aromatic rings. The molecule has 120 valence electrons. The molecule has 1 saturated heterocycles. The smallest absolute Gasteiger partial charge is 0.335 e. The van der Waals surface area contributed by atoms with Gasteiger partial charge in [0.25, 0.3) is 0 Å². The summed E-state index contributed by atoms with van der Waals surface area (Å²) in [4.78, 5) is 13.3. The van der Waals surface area contributed by atoms with Gasteiger partial charge in [0.1, 0.15) is 0 Å². The first-order chi connectivity index (χ1) is 11.1. The second-order valence-corrected chi connectivity index (χ2v) is 6.11. The standard InChI is InChI=1S/C19H21NO3/c21-18-13-20(12-14-5-2-1-3-6-14)10-9-17(18)15-7-4-8-16(11-15)19(22)23/h1-8,11,17-18,21H,9-10,12-13H2,(H,22,23). The molecule has 3 rings (SSSR count). The van der Waals surface area contributed by atoms with Crippen LogP contribution in [0.25, 0.3) is 0 Å². The van der Waals surface area contributed by atoms with E-state index in [1.807, 2.05) is 24.3 Å². The number of β-amino-alcohol motifs (C(OH)–C–C–N with tert-alkyl or cyclic N) is 1. The Morgan fingerprint density at radius 3 is 2.61 bits per heavy atom. The van der Waals surface area contributed by atoms with Gasteiger partial charge in [-0.2, -0.15) is 0 Å². The molecule has 4 heteroatoms. The molecular formula is C19H21NO3. The fraction of sp³-hybridized carbons (Fsp3) is 0.316. The van der Waals surface area contributed by atoms with Crippen molar-refractivity contribution in [3.8, 4) is 0 Å². The minimum atomic E-state index is -0.928. The number of rotatable bonds is 4. The largest absolute Gasteiger partial charge is 0.478 e. The molecule has 23 heavy (non-hydrogen) atoms. The number of aliphatic hydroxyl groups excluding tert-OH is 1. The van der Waals surface area contributed by atoms with Crippen molar-refractivity contribution in [2.75, 3.05) is 13.1 Å². The third-order valence-corrected chi connectivity index (χ3v) is 4.48. The maximum absolute atomic E-state index is 11.1. The van der Waals surface area contributed by atoms with E-state index in [1.54, 1.807) is 18.2 Å². The second-order valence-electron chi connectivity index (χ2n) is 6.11. The highest BCUT2D eigenvalue weighted by Gasteiger charge is 2.29. The van der Waals surface area contributed by atoms with E-state index in [0.717, 1.165) is 25.1 Å². The summed E-state index contributed by atoms with van der Waals surface area (Å²) in [5, 5.41) is 19.6. The van der Waals surface area contributed by atoms with Crippen molar-refractivity contribution < 1.29 is 15.0 Å². The van der Waals surface area contributed by atoms with Crippen LogP contribution in [-0.2, 0) is 6.54 Å². The molecule has 1 heterocycles. The van der Waals surface area contributed by atoms with Crippen molar-refractivity contribution in [2.45, 2.75) is 25.0 Å². The van der Waals surface area contributed by atoms with E-state index in [0.29, 0.717) is 6.54 Å². The second kappa shape index (κ2) is 6.94. The fourth-order valence-corrected chi connectivity index (χ4v) is 3.27. The summed E-state index contributed by atoms with van der Waals surface area (Å²) in [6.07, 6.45) is 0.355. The zero-order chi connectivity index (χ0) is 16.2. The van der Waals surface area contributed by atoms with Crippen LogP contribution in [0.2, 0.25) is 0 Å². The number of nitrogens with zero attached hydrogens (tertiary/aromatic N) is 1. The van der Waals surface area contributed by atoms with E-state index in [9.17, 15) is 9.90 Å². The van der Waals surface area contributed by atoms with Gasteiger partial charge in [-0.25, -0.2) is 4.79 Å². The van der Waals surface area contributed by atoms with Gasteiger partial charge in [0.05, 0.1) is 11.7 Å². The summed E-state index contributed by atoms with van der Waals surface area (Å²) in [6.45, 7) is 2.34. The number of hydrogen-bond donors (Lipinski definition) is 2. The Balaban J connectivity index is 1.67. The molecule has 2 unspecified atom stereocenters. The van der Waals surface area contributed by atoms with Gasteiger partial charge in [-0.1, -0.05) is 42.5 Å². The first kappa shape index (κ1) is 15.7. The number of carboxylic acids is 1. The molecule has 2 aromatic carbocycles. The van der Waals surface area contributed by atoms with Crippen LogP contribution in [0.1, 0.15) is 33.8 Å². The van der Waals surface area contributed by atoms with Crippen molar-refractivity contribution >= 4 is 5.97 Å². The molecule has 0 spiro atoms. The Labute approximate surface area is 136 Å². The van der Waals surface area contributed by atoms with Crippen LogP contribution in [0, 0.1) is 0 Å². The molecule has 0 saturated carbocycles. The summed E-state index contributed by atoms with van der Waals surface area (Å²) >= 11 is 0. The van der Waals surface area contributed by atoms with Gasteiger partial charge in [0, 0.05) is 19.0 Å². The average Bonchev–Trinajstić information content (AvgIpc) is 2.56. The van der Waals surface area contributed by atoms with Crippen LogP contribution in [-0.4, -0.2) is 40.3 Å². The van der Waals surface area contributed by atoms with Crippen molar-refractivity contribution in [2.24, 2.45) is 0 Å². The number of aromatic carboxylic acids is 1. The van der Waals surface area contributed by atoms with Crippen LogP contribution in [0.3, 0.4) is 0 Å². The minimum Gasteiger partial charge on any atom is -0.478 e. The predicted octanol–water partition coefficient (Wildman–Crippen LogP) is 2.74. The third-order valence-electron chi connectivity index (χ3n) is 4.48. The first-order valence-electron chi connectivity index (χ1n) is 7.91. The lowest BCUT2D eigenvalue weighted by molar-refractivity contribution is 0.0475. The Hall–Kier alpha value is -2.17. The number of likely N-dealkylation sites (tertiary alicyclic amines) is 1. The molecular weight excluding hydrogens is 290 g/mol. The number of benzene rings is 2. The summed E-state index contributed by atoms with van der Waals surface area (Å²) in [6, 6.07) is 17.2. The topological polar surface area (TPSA) is 60.8 Å². The van der Waals surface area contributed by atoms with Crippen molar-refractivity contribution in [3.05, 3.63) is 71.3 Å². The average molecular weight is 311 g/mol. The normalized spacial score (nSPS) is 22.0. The molecule has 4 nitrogen and oxygen atoms in total. The molecule has 1 aliphatic rings. The van der Waals surface area contributed by atoms with E-state index in [2.05, 4.69) is 17.0 Å². The fourth-order valence-electron chi connectivity index (χ4n) is 3.27. The zero-order valence-electron chi connectivity index (χ0n) is 12.9. The molecule has 2 atom stereocenters. The highest BCUT2D eigenvalue weighted by atomic mass is 16.4. The van der Waals surface area contributed by atoms with Crippen LogP contribution in [0.5, 0.6) is 0 Å². The van der Waals surface area contributed by atoms with Crippen LogP contribution < -0.4 is 0 Å². The lowest BCUT2D eigenvalue weighted by Crippen LogP contribution is -2.42. The Morgan fingerprint density at radius 2 is 1.91 bits per heavy atom. The van der Waals surface area contributed by atoms with E-state index >= 15 is 0 Å². The number of piperidine rings is 1. The number of carboxylic acid groups (broad SMARTS) is 1. The molecule has 1 fully saturated rings. The summed E-state index contributed by atoms with van der Waals surface area (Å²) in [5.41, 5.74) is 2.43.